The summed E-state index contributed by atoms with van der Waals surface area (Å²) in [6.45, 7) is 2.05. The van der Waals surface area contributed by atoms with E-state index in [9.17, 15) is 14.4 Å². The fourth-order valence-electron chi connectivity index (χ4n) is 4.39. The molecule has 1 N–H and O–H groups in total. The number of ether oxygens (including phenoxy) is 1. The number of hydrogen-bond donors (Lipinski definition) is 1. The highest BCUT2D eigenvalue weighted by Crippen LogP contribution is 2.27. The monoisotopic (exact) mass is 456 g/mol. The van der Waals surface area contributed by atoms with Gasteiger partial charge in [-0.25, -0.2) is 4.98 Å². The van der Waals surface area contributed by atoms with Crippen molar-refractivity contribution in [2.75, 3.05) is 30.4 Å². The molecule has 1 fully saturated rings. The molecule has 0 radical (unpaired) electrons. The first-order valence-corrected chi connectivity index (χ1v) is 11.2. The Labute approximate surface area is 197 Å². The van der Waals surface area contributed by atoms with Crippen molar-refractivity contribution in [3.63, 3.8) is 0 Å². The lowest BCUT2D eigenvalue weighted by Gasteiger charge is -2.17. The highest BCUT2D eigenvalue weighted by Gasteiger charge is 2.35. The second-order valence-electron chi connectivity index (χ2n) is 8.33. The van der Waals surface area contributed by atoms with Crippen molar-refractivity contribution in [3.05, 3.63) is 83.0 Å². The molecule has 3 aromatic rings. The van der Waals surface area contributed by atoms with Gasteiger partial charge in [-0.15, -0.1) is 0 Å². The summed E-state index contributed by atoms with van der Waals surface area (Å²) in [6, 6.07) is 15.5. The third-order valence-electron chi connectivity index (χ3n) is 6.16. The maximum Gasteiger partial charge on any atom is 0.261 e. The molecular weight excluding hydrogens is 432 g/mol. The molecule has 0 saturated carbocycles. The topological polar surface area (TPSA) is 91.8 Å². The van der Waals surface area contributed by atoms with Crippen LogP contribution in [-0.2, 0) is 6.54 Å². The zero-order chi connectivity index (χ0) is 23.7. The van der Waals surface area contributed by atoms with Crippen molar-refractivity contribution in [1.82, 2.24) is 9.88 Å². The summed E-state index contributed by atoms with van der Waals surface area (Å²) >= 11 is 0. The number of methoxy groups -OCH3 is 1. The molecule has 172 valence electrons. The van der Waals surface area contributed by atoms with Crippen LogP contribution in [0.5, 0.6) is 5.75 Å². The fourth-order valence-corrected chi connectivity index (χ4v) is 4.39. The van der Waals surface area contributed by atoms with Crippen molar-refractivity contribution < 1.29 is 19.1 Å². The normalized spacial score (nSPS) is 15.0. The van der Waals surface area contributed by atoms with E-state index in [0.717, 1.165) is 31.7 Å². The van der Waals surface area contributed by atoms with Crippen LogP contribution in [0.25, 0.3) is 0 Å². The first-order valence-electron chi connectivity index (χ1n) is 11.2. The number of imide groups is 1. The van der Waals surface area contributed by atoms with Crippen molar-refractivity contribution in [1.29, 1.82) is 0 Å². The van der Waals surface area contributed by atoms with Gasteiger partial charge in [0.15, 0.2) is 0 Å². The number of benzene rings is 2. The largest absolute Gasteiger partial charge is 0.496 e. The van der Waals surface area contributed by atoms with Gasteiger partial charge in [-0.05, 0) is 54.8 Å². The molecule has 8 heteroatoms. The lowest BCUT2D eigenvalue weighted by Crippen LogP contribution is -2.29. The maximum absolute atomic E-state index is 13.1. The molecule has 34 heavy (non-hydrogen) atoms. The molecule has 2 aliphatic rings. The summed E-state index contributed by atoms with van der Waals surface area (Å²) in [4.78, 5) is 46.4. The zero-order valence-corrected chi connectivity index (χ0v) is 18.8. The van der Waals surface area contributed by atoms with Gasteiger partial charge in [0, 0.05) is 13.1 Å². The highest BCUT2D eigenvalue weighted by molar-refractivity contribution is 6.21. The van der Waals surface area contributed by atoms with Crippen LogP contribution in [0.1, 0.15) is 49.5 Å². The Hall–Kier alpha value is -4.20. The molecule has 1 saturated heterocycles. The second-order valence-corrected chi connectivity index (χ2v) is 8.33. The Kier molecular flexibility index (Phi) is 5.71. The Bertz CT molecular complexity index is 1230. The summed E-state index contributed by atoms with van der Waals surface area (Å²) in [5.74, 6) is 0.247. The molecule has 3 heterocycles. The molecule has 2 aromatic carbocycles. The second kappa shape index (κ2) is 8.97. The van der Waals surface area contributed by atoms with Gasteiger partial charge in [0.25, 0.3) is 17.7 Å². The Balaban J connectivity index is 1.33. The van der Waals surface area contributed by atoms with Gasteiger partial charge in [0.1, 0.15) is 11.6 Å². The van der Waals surface area contributed by atoms with Crippen LogP contribution >= 0.6 is 0 Å². The van der Waals surface area contributed by atoms with Crippen molar-refractivity contribution in [2.45, 2.75) is 19.4 Å². The number of nitrogens with zero attached hydrogens (tertiary/aromatic N) is 3. The van der Waals surface area contributed by atoms with E-state index in [1.807, 2.05) is 12.1 Å². The van der Waals surface area contributed by atoms with Gasteiger partial charge in [0.2, 0.25) is 0 Å². The van der Waals surface area contributed by atoms with Gasteiger partial charge in [0.05, 0.1) is 42.2 Å². The summed E-state index contributed by atoms with van der Waals surface area (Å²) in [6.07, 6.45) is 3.97. The van der Waals surface area contributed by atoms with Crippen LogP contribution in [0.2, 0.25) is 0 Å². The first-order chi connectivity index (χ1) is 16.5. The molecule has 0 bridgehead atoms. The van der Waals surface area contributed by atoms with Gasteiger partial charge < -0.3 is 15.0 Å². The average Bonchev–Trinajstić information content (AvgIpc) is 3.49. The number of fused-ring (bicyclic) bond motifs is 1. The maximum atomic E-state index is 13.1. The number of carbonyl (C=O) groups is 3. The van der Waals surface area contributed by atoms with Crippen molar-refractivity contribution in [2.24, 2.45) is 0 Å². The fraction of sp³-hybridized carbons (Fsp3) is 0.231. The van der Waals surface area contributed by atoms with Gasteiger partial charge >= 0.3 is 0 Å². The summed E-state index contributed by atoms with van der Waals surface area (Å²) in [5.41, 5.74) is 2.30. The summed E-state index contributed by atoms with van der Waals surface area (Å²) < 4.78 is 5.38. The quantitative estimate of drug-likeness (QED) is 0.568. The number of pyridine rings is 1. The van der Waals surface area contributed by atoms with Gasteiger partial charge in [-0.2, -0.15) is 0 Å². The predicted molar refractivity (Wildman–Crippen MR) is 127 cm³/mol. The smallest absolute Gasteiger partial charge is 0.261 e. The van der Waals surface area contributed by atoms with Crippen LogP contribution in [0.3, 0.4) is 0 Å². The van der Waals surface area contributed by atoms with E-state index >= 15 is 0 Å². The van der Waals surface area contributed by atoms with E-state index in [2.05, 4.69) is 15.2 Å². The van der Waals surface area contributed by atoms with Gasteiger partial charge in [-0.3, -0.25) is 19.3 Å². The minimum absolute atomic E-state index is 0.0582. The molecule has 0 aliphatic carbocycles. The number of carbonyl (C=O) groups excluding carboxylic acids is 3. The van der Waals surface area contributed by atoms with Crippen LogP contribution in [0, 0.1) is 0 Å². The molecule has 2 aliphatic heterocycles. The molecule has 1 aromatic heterocycles. The molecule has 0 atom stereocenters. The lowest BCUT2D eigenvalue weighted by atomic mass is 10.1. The molecule has 0 unspecified atom stereocenters. The van der Waals surface area contributed by atoms with E-state index in [4.69, 9.17) is 4.74 Å². The highest BCUT2D eigenvalue weighted by atomic mass is 16.5. The SMILES string of the molecule is COc1ccc(CN2C(=O)c3ccccc3C2=O)cc1C(=O)Nc1ccc(N2CCCC2)nc1. The average molecular weight is 457 g/mol. The van der Waals surface area contributed by atoms with Crippen LogP contribution in [0.4, 0.5) is 11.5 Å². The van der Waals surface area contributed by atoms with E-state index in [0.29, 0.717) is 33.7 Å². The molecule has 0 spiro atoms. The van der Waals surface area contributed by atoms with E-state index < -0.39 is 0 Å². The first kappa shape index (κ1) is 21.6. The Morgan fingerprint density at radius 1 is 1.00 bits per heavy atom. The lowest BCUT2D eigenvalue weighted by molar-refractivity contribution is 0.0642. The predicted octanol–water partition coefficient (Wildman–Crippen LogP) is 3.74. The summed E-state index contributed by atoms with van der Waals surface area (Å²) in [7, 11) is 1.49. The minimum Gasteiger partial charge on any atom is -0.496 e. The number of anilines is 2. The summed E-state index contributed by atoms with van der Waals surface area (Å²) in [5, 5.41) is 2.86. The van der Waals surface area contributed by atoms with Crippen molar-refractivity contribution in [3.8, 4) is 5.75 Å². The number of hydrogen-bond acceptors (Lipinski definition) is 6. The molecule has 8 nitrogen and oxygen atoms in total. The molecule has 5 rings (SSSR count). The zero-order valence-electron chi connectivity index (χ0n) is 18.8. The standard InChI is InChI=1S/C26H24N4O4/c1-34-22-10-8-17(16-30-25(32)19-6-2-3-7-20(19)26(30)33)14-21(22)24(31)28-18-9-11-23(27-15-18)29-12-4-5-13-29/h2-3,6-11,14-15H,4-5,12-13,16H2,1H3,(H,28,31). The third kappa shape index (κ3) is 3.98. The van der Waals surface area contributed by atoms with Crippen LogP contribution in [-0.4, -0.2) is 47.8 Å². The molecule has 3 amide bonds. The Morgan fingerprint density at radius 3 is 2.32 bits per heavy atom. The van der Waals surface area contributed by atoms with Gasteiger partial charge in [-0.1, -0.05) is 18.2 Å². The third-order valence-corrected chi connectivity index (χ3v) is 6.16. The number of amides is 3. The van der Waals surface area contributed by atoms with Crippen LogP contribution < -0.4 is 15.0 Å². The minimum atomic E-state index is -0.364. The Morgan fingerprint density at radius 2 is 1.71 bits per heavy atom. The van der Waals surface area contributed by atoms with Crippen LogP contribution in [0.15, 0.2) is 60.8 Å². The number of rotatable bonds is 6. The van der Waals surface area contributed by atoms with E-state index in [-0.39, 0.29) is 24.3 Å². The molecular formula is C26H24N4O4. The van der Waals surface area contributed by atoms with E-state index in [1.165, 1.54) is 12.0 Å². The number of aromatic nitrogens is 1. The van der Waals surface area contributed by atoms with E-state index in [1.54, 1.807) is 48.7 Å². The number of nitrogens with one attached hydrogen (secondary N) is 1. The van der Waals surface area contributed by atoms with Crippen molar-refractivity contribution >= 4 is 29.2 Å².